The van der Waals surface area contributed by atoms with Crippen LogP contribution in [0.25, 0.3) is 32.6 Å². The van der Waals surface area contributed by atoms with Crippen LogP contribution in [-0.4, -0.2) is 60.8 Å². The highest BCUT2D eigenvalue weighted by Crippen LogP contribution is 2.45. The van der Waals surface area contributed by atoms with Crippen LogP contribution in [0.2, 0.25) is 0 Å². The number of aromatic nitrogens is 1. The van der Waals surface area contributed by atoms with E-state index < -0.39 is 5.97 Å². The minimum Gasteiger partial charge on any atom is -0.468 e. The van der Waals surface area contributed by atoms with E-state index in [-0.39, 0.29) is 12.5 Å². The molecule has 7 nitrogen and oxygen atoms in total. The van der Waals surface area contributed by atoms with Crippen LogP contribution in [0.3, 0.4) is 0 Å². The van der Waals surface area contributed by atoms with Crippen molar-refractivity contribution in [2.45, 2.75) is 45.4 Å². The Kier molecular flexibility index (Phi) is 8.16. The first kappa shape index (κ1) is 27.1. The van der Waals surface area contributed by atoms with Crippen molar-refractivity contribution in [3.05, 3.63) is 71.1 Å². The van der Waals surface area contributed by atoms with Crippen molar-refractivity contribution in [3.63, 3.8) is 0 Å². The predicted octanol–water partition coefficient (Wildman–Crippen LogP) is 5.57. The molecule has 2 aromatic heterocycles. The van der Waals surface area contributed by atoms with Gasteiger partial charge in [0.25, 0.3) is 0 Å². The van der Waals surface area contributed by atoms with Gasteiger partial charge in [-0.05, 0) is 44.0 Å². The molecule has 3 heterocycles. The van der Waals surface area contributed by atoms with Gasteiger partial charge in [0.2, 0.25) is 0 Å². The zero-order valence-corrected chi connectivity index (χ0v) is 23.7. The third kappa shape index (κ3) is 5.50. The lowest BCUT2D eigenvalue weighted by Gasteiger charge is -2.21. The van der Waals surface area contributed by atoms with Crippen molar-refractivity contribution in [2.24, 2.45) is 0 Å². The smallest absolute Gasteiger partial charge is 0.348 e. The molecule has 5 rings (SSSR count). The van der Waals surface area contributed by atoms with E-state index in [0.29, 0.717) is 23.5 Å². The lowest BCUT2D eigenvalue weighted by atomic mass is 9.97. The van der Waals surface area contributed by atoms with Crippen molar-refractivity contribution in [3.8, 4) is 22.4 Å². The quantitative estimate of drug-likeness (QED) is 0.277. The molecule has 4 aromatic rings. The molecule has 8 heteroatoms. The van der Waals surface area contributed by atoms with Crippen LogP contribution in [0.1, 0.15) is 35.5 Å². The highest BCUT2D eigenvalue weighted by atomic mass is 32.1. The Bertz CT molecular complexity index is 1470. The molecular formula is C31H35N3O4S. The molecular weight excluding hydrogens is 510 g/mol. The number of nitrogens with one attached hydrogen (secondary N) is 1. The summed E-state index contributed by atoms with van der Waals surface area (Å²) in [6, 6.07) is 21.3. The Balaban J connectivity index is 1.65. The summed E-state index contributed by atoms with van der Waals surface area (Å²) in [5.41, 5.74) is 5.97. The SMILES string of the molecule is COC(=O)Cn1c(-c2ccccc2CNC2CCN(C(C)C)C2)c(-c2ccccc2)c2sc(C(=O)OC)cc21. The predicted molar refractivity (Wildman–Crippen MR) is 156 cm³/mol. The summed E-state index contributed by atoms with van der Waals surface area (Å²) < 4.78 is 13.0. The Hall–Kier alpha value is -3.46. The molecule has 0 spiro atoms. The molecule has 1 fully saturated rings. The number of nitrogens with zero attached hydrogens (tertiary/aromatic N) is 2. The highest BCUT2D eigenvalue weighted by Gasteiger charge is 2.28. The van der Waals surface area contributed by atoms with Crippen LogP contribution in [-0.2, 0) is 27.4 Å². The summed E-state index contributed by atoms with van der Waals surface area (Å²) in [5.74, 6) is -0.744. The maximum absolute atomic E-state index is 12.7. The van der Waals surface area contributed by atoms with Gasteiger partial charge in [-0.2, -0.15) is 0 Å². The second-order valence-corrected chi connectivity index (χ2v) is 11.2. The molecule has 1 aliphatic heterocycles. The first-order chi connectivity index (χ1) is 18.9. The largest absolute Gasteiger partial charge is 0.468 e. The van der Waals surface area contributed by atoms with Crippen molar-refractivity contribution in [1.29, 1.82) is 0 Å². The first-order valence-corrected chi connectivity index (χ1v) is 14.1. The van der Waals surface area contributed by atoms with Gasteiger partial charge in [-0.1, -0.05) is 54.6 Å². The number of carbonyl (C=O) groups is 2. The summed E-state index contributed by atoms with van der Waals surface area (Å²) in [5, 5.41) is 3.78. The van der Waals surface area contributed by atoms with Crippen LogP contribution in [0, 0.1) is 0 Å². The fourth-order valence-electron chi connectivity index (χ4n) is 5.42. The molecule has 1 aliphatic rings. The molecule has 0 saturated carbocycles. The number of methoxy groups -OCH3 is 2. The standard InChI is InChI=1S/C31H35N3O4S/c1-20(2)33-15-14-23(18-33)32-17-22-12-8-9-13-24(22)29-28(21-10-6-5-7-11-21)30-25(34(29)19-27(35)37-3)16-26(39-30)31(36)38-4/h5-13,16,20,23,32H,14-15,17-19H2,1-4H3. The molecule has 204 valence electrons. The molecule has 1 N–H and O–H groups in total. The number of benzene rings is 2. The maximum atomic E-state index is 12.7. The van der Waals surface area contributed by atoms with Gasteiger partial charge >= 0.3 is 11.9 Å². The van der Waals surface area contributed by atoms with Gasteiger partial charge in [-0.3, -0.25) is 9.69 Å². The Morgan fingerprint density at radius 3 is 2.49 bits per heavy atom. The van der Waals surface area contributed by atoms with Gasteiger partial charge in [0, 0.05) is 36.3 Å². The summed E-state index contributed by atoms with van der Waals surface area (Å²) in [7, 11) is 2.78. The fourth-order valence-corrected chi connectivity index (χ4v) is 6.57. The molecule has 0 radical (unpaired) electrons. The van der Waals surface area contributed by atoms with E-state index in [1.54, 1.807) is 0 Å². The van der Waals surface area contributed by atoms with E-state index in [1.807, 2.05) is 34.9 Å². The summed E-state index contributed by atoms with van der Waals surface area (Å²) >= 11 is 1.39. The summed E-state index contributed by atoms with van der Waals surface area (Å²) in [4.78, 5) is 28.2. The van der Waals surface area contributed by atoms with Gasteiger partial charge in [0.05, 0.1) is 30.1 Å². The van der Waals surface area contributed by atoms with Crippen LogP contribution in [0.5, 0.6) is 0 Å². The number of ether oxygens (including phenoxy) is 2. The third-order valence-electron chi connectivity index (χ3n) is 7.50. The summed E-state index contributed by atoms with van der Waals surface area (Å²) in [6.07, 6.45) is 1.13. The van der Waals surface area contributed by atoms with E-state index in [0.717, 1.165) is 57.7 Å². The highest BCUT2D eigenvalue weighted by molar-refractivity contribution is 7.21. The van der Waals surface area contributed by atoms with Crippen LogP contribution in [0.4, 0.5) is 0 Å². The zero-order chi connectivity index (χ0) is 27.5. The lowest BCUT2D eigenvalue weighted by Crippen LogP contribution is -2.34. The molecule has 0 aliphatic carbocycles. The molecule has 0 amide bonds. The molecule has 1 unspecified atom stereocenters. The number of hydrogen-bond acceptors (Lipinski definition) is 7. The van der Waals surface area contributed by atoms with Gasteiger partial charge in [0.15, 0.2) is 0 Å². The number of likely N-dealkylation sites (tertiary alicyclic amines) is 1. The number of esters is 2. The number of rotatable bonds is 9. The second-order valence-electron chi connectivity index (χ2n) is 10.2. The third-order valence-corrected chi connectivity index (χ3v) is 8.63. The number of carbonyl (C=O) groups excluding carboxylic acids is 2. The zero-order valence-electron chi connectivity index (χ0n) is 22.9. The van der Waals surface area contributed by atoms with E-state index in [1.165, 1.54) is 25.6 Å². The molecule has 1 atom stereocenters. The lowest BCUT2D eigenvalue weighted by molar-refractivity contribution is -0.141. The monoisotopic (exact) mass is 545 g/mol. The Morgan fingerprint density at radius 2 is 1.79 bits per heavy atom. The molecule has 2 aromatic carbocycles. The average Bonchev–Trinajstić information content (AvgIpc) is 3.67. The van der Waals surface area contributed by atoms with Gasteiger partial charge in [-0.15, -0.1) is 11.3 Å². The minimum absolute atomic E-state index is 0.0280. The first-order valence-electron chi connectivity index (χ1n) is 13.3. The van der Waals surface area contributed by atoms with Crippen molar-refractivity contribution >= 4 is 33.5 Å². The van der Waals surface area contributed by atoms with Gasteiger partial charge < -0.3 is 19.4 Å². The molecule has 0 bridgehead atoms. The van der Waals surface area contributed by atoms with E-state index in [2.05, 4.69) is 54.4 Å². The topological polar surface area (TPSA) is 72.8 Å². The van der Waals surface area contributed by atoms with Gasteiger partial charge in [-0.25, -0.2) is 4.79 Å². The van der Waals surface area contributed by atoms with Crippen LogP contribution < -0.4 is 5.32 Å². The molecule has 1 saturated heterocycles. The average molecular weight is 546 g/mol. The normalized spacial score (nSPS) is 15.8. The Morgan fingerprint density at radius 1 is 1.05 bits per heavy atom. The van der Waals surface area contributed by atoms with E-state index in [9.17, 15) is 9.59 Å². The van der Waals surface area contributed by atoms with Crippen molar-refractivity contribution in [2.75, 3.05) is 27.3 Å². The minimum atomic E-state index is -0.391. The van der Waals surface area contributed by atoms with Gasteiger partial charge in [0.1, 0.15) is 11.4 Å². The Labute approximate surface area is 233 Å². The summed E-state index contributed by atoms with van der Waals surface area (Å²) in [6.45, 7) is 7.38. The van der Waals surface area contributed by atoms with Crippen LogP contribution >= 0.6 is 11.3 Å². The second kappa shape index (κ2) is 11.7. The maximum Gasteiger partial charge on any atom is 0.348 e. The van der Waals surface area contributed by atoms with Crippen molar-refractivity contribution in [1.82, 2.24) is 14.8 Å². The number of fused-ring (bicyclic) bond motifs is 1. The fraction of sp³-hybridized carbons (Fsp3) is 0.355. The number of hydrogen-bond donors (Lipinski definition) is 1. The van der Waals surface area contributed by atoms with Crippen LogP contribution in [0.15, 0.2) is 60.7 Å². The number of thiophene rings is 1. The molecule has 39 heavy (non-hydrogen) atoms. The van der Waals surface area contributed by atoms with E-state index in [4.69, 9.17) is 9.47 Å². The van der Waals surface area contributed by atoms with Crippen molar-refractivity contribution < 1.29 is 19.1 Å². The van der Waals surface area contributed by atoms with E-state index >= 15 is 0 Å².